The number of hydrogen-bond acceptors (Lipinski definition) is 4. The van der Waals surface area contributed by atoms with Crippen molar-refractivity contribution in [2.45, 2.75) is 59.0 Å². The van der Waals surface area contributed by atoms with Crippen LogP contribution < -0.4 is 14.8 Å². The molecule has 3 rings (SSSR count). The molecule has 1 fully saturated rings. The maximum atomic E-state index is 13.0. The van der Waals surface area contributed by atoms with E-state index >= 15 is 0 Å². The average molecular weight is 376 g/mol. The summed E-state index contributed by atoms with van der Waals surface area (Å²) in [5.74, 6) is 1.83. The summed E-state index contributed by atoms with van der Waals surface area (Å²) in [6.45, 7) is 13.1. The molecule has 27 heavy (non-hydrogen) atoms. The van der Waals surface area contributed by atoms with Gasteiger partial charge < -0.3 is 19.5 Å². The zero-order valence-corrected chi connectivity index (χ0v) is 17.3. The van der Waals surface area contributed by atoms with E-state index in [1.54, 1.807) is 0 Å². The van der Waals surface area contributed by atoms with Crippen molar-refractivity contribution >= 4 is 5.91 Å². The second kappa shape index (κ2) is 7.70. The molecule has 1 saturated heterocycles. The largest absolute Gasteiger partial charge is 0.486 e. The van der Waals surface area contributed by atoms with E-state index < -0.39 is 5.41 Å². The number of nitrogens with one attached hydrogen (secondary N) is 1. The minimum absolute atomic E-state index is 0.0254. The van der Waals surface area contributed by atoms with Crippen LogP contribution in [0.2, 0.25) is 0 Å². The van der Waals surface area contributed by atoms with Crippen molar-refractivity contribution in [2.75, 3.05) is 26.4 Å². The van der Waals surface area contributed by atoms with Gasteiger partial charge in [-0.15, -0.1) is 0 Å². The van der Waals surface area contributed by atoms with Gasteiger partial charge in [-0.1, -0.05) is 26.8 Å². The van der Waals surface area contributed by atoms with Crippen LogP contribution in [0.4, 0.5) is 0 Å². The standard InChI is InChI=1S/C22H33NO4/c1-21(2,3)19-15(7-6-10-27-19)14-23-20(24)22(4,5)16-8-9-17-18(13-16)26-12-11-25-17/h8-9,13,15,19H,6-7,10-12,14H2,1-5H3,(H,23,24)/t15-,19+/m1/s1. The Morgan fingerprint density at radius 1 is 1.07 bits per heavy atom. The molecular weight excluding hydrogens is 342 g/mol. The van der Waals surface area contributed by atoms with Gasteiger partial charge in [0.15, 0.2) is 11.5 Å². The van der Waals surface area contributed by atoms with E-state index in [0.29, 0.717) is 31.4 Å². The second-order valence-electron chi connectivity index (χ2n) is 9.25. The zero-order valence-electron chi connectivity index (χ0n) is 17.3. The molecule has 0 saturated carbocycles. The van der Waals surface area contributed by atoms with Gasteiger partial charge in [-0.25, -0.2) is 0 Å². The van der Waals surface area contributed by atoms with Crippen molar-refractivity contribution < 1.29 is 19.0 Å². The summed E-state index contributed by atoms with van der Waals surface area (Å²) < 4.78 is 17.3. The molecular formula is C22H33NO4. The molecule has 150 valence electrons. The van der Waals surface area contributed by atoms with Gasteiger partial charge >= 0.3 is 0 Å². The summed E-state index contributed by atoms with van der Waals surface area (Å²) >= 11 is 0. The van der Waals surface area contributed by atoms with Crippen molar-refractivity contribution in [3.05, 3.63) is 23.8 Å². The van der Waals surface area contributed by atoms with Crippen LogP contribution in [0.15, 0.2) is 18.2 Å². The number of benzene rings is 1. The average Bonchev–Trinajstić information content (AvgIpc) is 2.65. The lowest BCUT2D eigenvalue weighted by molar-refractivity contribution is -0.127. The summed E-state index contributed by atoms with van der Waals surface area (Å²) in [6, 6.07) is 5.77. The van der Waals surface area contributed by atoms with Crippen LogP contribution in [-0.2, 0) is 14.9 Å². The SMILES string of the molecule is CC(C)(C(=O)NC[C@H]1CCCO[C@@H]1C(C)(C)C)c1ccc2c(c1)OCCO2. The Labute approximate surface area is 162 Å². The summed E-state index contributed by atoms with van der Waals surface area (Å²) in [6.07, 6.45) is 2.31. The van der Waals surface area contributed by atoms with Gasteiger partial charge in [0.2, 0.25) is 5.91 Å². The van der Waals surface area contributed by atoms with Crippen molar-refractivity contribution in [1.29, 1.82) is 0 Å². The predicted molar refractivity (Wildman–Crippen MR) is 105 cm³/mol. The normalized spacial score (nSPS) is 23.0. The summed E-state index contributed by atoms with van der Waals surface area (Å²) in [4.78, 5) is 13.0. The minimum Gasteiger partial charge on any atom is -0.486 e. The molecule has 2 heterocycles. The molecule has 1 amide bonds. The summed E-state index contributed by atoms with van der Waals surface area (Å²) in [5.41, 5.74) is 0.348. The highest BCUT2D eigenvalue weighted by Gasteiger charge is 2.37. The van der Waals surface area contributed by atoms with E-state index in [1.165, 1.54) is 0 Å². The Hall–Kier alpha value is -1.75. The summed E-state index contributed by atoms with van der Waals surface area (Å²) in [5, 5.41) is 3.18. The van der Waals surface area contributed by atoms with E-state index in [-0.39, 0.29) is 17.4 Å². The van der Waals surface area contributed by atoms with Gasteiger partial charge in [-0.3, -0.25) is 4.79 Å². The Morgan fingerprint density at radius 2 is 1.78 bits per heavy atom. The smallest absolute Gasteiger partial charge is 0.230 e. The molecule has 2 aliphatic heterocycles. The highest BCUT2D eigenvalue weighted by Crippen LogP contribution is 2.36. The number of ether oxygens (including phenoxy) is 3. The highest BCUT2D eigenvalue weighted by molar-refractivity contribution is 5.87. The van der Waals surface area contributed by atoms with Gasteiger partial charge in [-0.05, 0) is 49.8 Å². The van der Waals surface area contributed by atoms with Gasteiger partial charge in [0, 0.05) is 19.1 Å². The maximum absolute atomic E-state index is 13.0. The van der Waals surface area contributed by atoms with Gasteiger partial charge in [-0.2, -0.15) is 0 Å². The first-order chi connectivity index (χ1) is 12.7. The predicted octanol–water partition coefficient (Wildman–Crippen LogP) is 3.69. The third kappa shape index (κ3) is 4.40. The van der Waals surface area contributed by atoms with E-state index in [0.717, 1.165) is 30.8 Å². The van der Waals surface area contributed by atoms with E-state index in [1.807, 2.05) is 32.0 Å². The number of carbonyl (C=O) groups is 1. The number of hydrogen-bond donors (Lipinski definition) is 1. The molecule has 5 heteroatoms. The summed E-state index contributed by atoms with van der Waals surface area (Å²) in [7, 11) is 0. The molecule has 0 spiro atoms. The third-order valence-corrected chi connectivity index (χ3v) is 5.65. The lowest BCUT2D eigenvalue weighted by Gasteiger charge is -2.40. The van der Waals surface area contributed by atoms with Gasteiger partial charge in [0.05, 0.1) is 11.5 Å². The van der Waals surface area contributed by atoms with Gasteiger partial charge in [0.25, 0.3) is 0 Å². The molecule has 1 N–H and O–H groups in total. The van der Waals surface area contributed by atoms with Crippen LogP contribution >= 0.6 is 0 Å². The van der Waals surface area contributed by atoms with Crippen LogP contribution in [0.25, 0.3) is 0 Å². The molecule has 0 bridgehead atoms. The van der Waals surface area contributed by atoms with E-state index in [4.69, 9.17) is 14.2 Å². The van der Waals surface area contributed by atoms with Crippen LogP contribution in [0, 0.1) is 11.3 Å². The molecule has 1 aromatic rings. The Bertz CT molecular complexity index is 677. The maximum Gasteiger partial charge on any atom is 0.230 e. The first-order valence-electron chi connectivity index (χ1n) is 9.99. The fourth-order valence-corrected chi connectivity index (χ4v) is 4.02. The van der Waals surface area contributed by atoms with Crippen LogP contribution in [0.3, 0.4) is 0 Å². The van der Waals surface area contributed by atoms with Crippen LogP contribution in [-0.4, -0.2) is 38.4 Å². The second-order valence-corrected chi connectivity index (χ2v) is 9.25. The fourth-order valence-electron chi connectivity index (χ4n) is 4.02. The molecule has 5 nitrogen and oxygen atoms in total. The number of rotatable bonds is 4. The van der Waals surface area contributed by atoms with Crippen molar-refractivity contribution in [3.63, 3.8) is 0 Å². The topological polar surface area (TPSA) is 56.8 Å². The number of fused-ring (bicyclic) bond motifs is 1. The van der Waals surface area contributed by atoms with E-state index in [9.17, 15) is 4.79 Å². The van der Waals surface area contributed by atoms with Crippen molar-refractivity contribution in [3.8, 4) is 11.5 Å². The molecule has 0 unspecified atom stereocenters. The molecule has 2 aliphatic rings. The number of amides is 1. The Kier molecular flexibility index (Phi) is 5.71. The highest BCUT2D eigenvalue weighted by atomic mass is 16.6. The molecule has 1 aromatic carbocycles. The Balaban J connectivity index is 1.67. The molecule has 2 atom stereocenters. The molecule has 0 aromatic heterocycles. The van der Waals surface area contributed by atoms with Crippen molar-refractivity contribution in [2.24, 2.45) is 11.3 Å². The monoisotopic (exact) mass is 375 g/mol. The lowest BCUT2D eigenvalue weighted by Crippen LogP contribution is -2.48. The lowest BCUT2D eigenvalue weighted by atomic mass is 9.77. The first-order valence-corrected chi connectivity index (χ1v) is 9.99. The van der Waals surface area contributed by atoms with E-state index in [2.05, 4.69) is 26.1 Å². The van der Waals surface area contributed by atoms with Crippen molar-refractivity contribution in [1.82, 2.24) is 5.32 Å². The van der Waals surface area contributed by atoms with Crippen LogP contribution in [0.5, 0.6) is 11.5 Å². The molecule has 0 aliphatic carbocycles. The molecule has 0 radical (unpaired) electrons. The number of carbonyl (C=O) groups excluding carboxylic acids is 1. The zero-order chi connectivity index (χ0) is 19.7. The first kappa shape index (κ1) is 20.0. The fraction of sp³-hybridized carbons (Fsp3) is 0.682. The van der Waals surface area contributed by atoms with Gasteiger partial charge in [0.1, 0.15) is 13.2 Å². The third-order valence-electron chi connectivity index (χ3n) is 5.65. The Morgan fingerprint density at radius 3 is 2.48 bits per heavy atom. The minimum atomic E-state index is -0.650. The van der Waals surface area contributed by atoms with Crippen LogP contribution in [0.1, 0.15) is 53.0 Å². The quantitative estimate of drug-likeness (QED) is 0.872.